The molecule has 1 aromatic carbocycles. The van der Waals surface area contributed by atoms with Crippen molar-refractivity contribution in [2.75, 3.05) is 49.7 Å². The highest BCUT2D eigenvalue weighted by atomic mass is 32.2. The van der Waals surface area contributed by atoms with Crippen LogP contribution in [0.1, 0.15) is 16.5 Å². The molecule has 1 saturated heterocycles. The highest BCUT2D eigenvalue weighted by molar-refractivity contribution is 8.00. The normalized spacial score (nSPS) is 15.6. The number of aryl methyl sites for hydroxylation is 1. The smallest absolute Gasteiger partial charge is 0.234 e. The van der Waals surface area contributed by atoms with E-state index in [9.17, 15) is 9.59 Å². The molecule has 1 aromatic heterocycles. The second-order valence-electron chi connectivity index (χ2n) is 6.89. The van der Waals surface area contributed by atoms with Gasteiger partial charge in [0, 0.05) is 30.2 Å². The van der Waals surface area contributed by atoms with Crippen molar-refractivity contribution in [3.05, 3.63) is 52.2 Å². The summed E-state index contributed by atoms with van der Waals surface area (Å²) >= 11 is 3.03. The first-order valence-electron chi connectivity index (χ1n) is 9.68. The van der Waals surface area contributed by atoms with E-state index in [0.29, 0.717) is 6.54 Å². The number of morpholine rings is 1. The number of nitrogens with zero attached hydrogens (tertiary/aromatic N) is 1. The van der Waals surface area contributed by atoms with Crippen molar-refractivity contribution in [2.45, 2.75) is 13.0 Å². The number of amides is 2. The Kier molecular flexibility index (Phi) is 8.54. The molecule has 2 amide bonds. The van der Waals surface area contributed by atoms with Crippen LogP contribution in [0.5, 0.6) is 0 Å². The van der Waals surface area contributed by atoms with Gasteiger partial charge >= 0.3 is 0 Å². The lowest BCUT2D eigenvalue weighted by Crippen LogP contribution is -2.43. The number of anilines is 1. The zero-order valence-electron chi connectivity index (χ0n) is 16.6. The summed E-state index contributed by atoms with van der Waals surface area (Å²) < 4.78 is 5.45. The van der Waals surface area contributed by atoms with Gasteiger partial charge in [-0.3, -0.25) is 14.5 Å². The first-order valence-corrected chi connectivity index (χ1v) is 11.7. The molecule has 156 valence electrons. The molecule has 1 atom stereocenters. The molecule has 3 rings (SSSR count). The number of hydrogen-bond acceptors (Lipinski definition) is 6. The maximum atomic E-state index is 12.3. The zero-order chi connectivity index (χ0) is 20.5. The van der Waals surface area contributed by atoms with Crippen molar-refractivity contribution in [3.63, 3.8) is 0 Å². The molecule has 0 unspecified atom stereocenters. The molecule has 0 saturated carbocycles. The number of benzene rings is 1. The van der Waals surface area contributed by atoms with Gasteiger partial charge in [-0.25, -0.2) is 0 Å². The van der Waals surface area contributed by atoms with Gasteiger partial charge in [0.25, 0.3) is 0 Å². The van der Waals surface area contributed by atoms with Crippen molar-refractivity contribution in [1.82, 2.24) is 10.2 Å². The average molecular weight is 434 g/mol. The summed E-state index contributed by atoms with van der Waals surface area (Å²) in [7, 11) is 0. The van der Waals surface area contributed by atoms with Crippen LogP contribution in [0.2, 0.25) is 0 Å². The van der Waals surface area contributed by atoms with Gasteiger partial charge in [0.2, 0.25) is 11.8 Å². The summed E-state index contributed by atoms with van der Waals surface area (Å²) in [6.07, 6.45) is 0. The van der Waals surface area contributed by atoms with Gasteiger partial charge in [0.1, 0.15) is 0 Å². The van der Waals surface area contributed by atoms with Crippen LogP contribution in [-0.4, -0.2) is 61.1 Å². The Bertz CT molecular complexity index is 792. The third-order valence-electron chi connectivity index (χ3n) is 4.62. The van der Waals surface area contributed by atoms with Crippen LogP contribution in [0, 0.1) is 6.92 Å². The van der Waals surface area contributed by atoms with E-state index in [-0.39, 0.29) is 29.4 Å². The Morgan fingerprint density at radius 1 is 1.17 bits per heavy atom. The van der Waals surface area contributed by atoms with Gasteiger partial charge in [-0.1, -0.05) is 18.2 Å². The van der Waals surface area contributed by atoms with Crippen LogP contribution in [-0.2, 0) is 14.3 Å². The van der Waals surface area contributed by atoms with Crippen molar-refractivity contribution in [1.29, 1.82) is 0 Å². The predicted molar refractivity (Wildman–Crippen MR) is 120 cm³/mol. The molecule has 1 aliphatic heterocycles. The first-order chi connectivity index (χ1) is 14.1. The van der Waals surface area contributed by atoms with Crippen molar-refractivity contribution >= 4 is 40.6 Å². The molecule has 0 radical (unpaired) electrons. The summed E-state index contributed by atoms with van der Waals surface area (Å²) in [6, 6.07) is 12.0. The number of nitrogens with one attached hydrogen (secondary N) is 2. The second-order valence-corrected chi connectivity index (χ2v) is 8.86. The third-order valence-corrected chi connectivity index (χ3v) is 6.52. The van der Waals surface area contributed by atoms with Crippen LogP contribution >= 0.6 is 23.1 Å². The van der Waals surface area contributed by atoms with Crippen LogP contribution in [0.25, 0.3) is 0 Å². The third kappa shape index (κ3) is 7.15. The summed E-state index contributed by atoms with van der Waals surface area (Å²) in [4.78, 5) is 27.9. The van der Waals surface area contributed by atoms with Gasteiger partial charge in [0.15, 0.2) is 0 Å². The molecule has 2 aromatic rings. The van der Waals surface area contributed by atoms with Gasteiger partial charge < -0.3 is 15.4 Å². The Morgan fingerprint density at radius 3 is 2.69 bits per heavy atom. The molecule has 2 N–H and O–H groups in total. The van der Waals surface area contributed by atoms with E-state index in [1.807, 2.05) is 37.3 Å². The second kappa shape index (κ2) is 11.3. The summed E-state index contributed by atoms with van der Waals surface area (Å²) in [6.45, 7) is 5.73. The van der Waals surface area contributed by atoms with E-state index in [4.69, 9.17) is 4.74 Å². The topological polar surface area (TPSA) is 70.7 Å². The summed E-state index contributed by atoms with van der Waals surface area (Å²) in [5.74, 6) is 0.368. The lowest BCUT2D eigenvalue weighted by Gasteiger charge is -2.34. The first kappa shape index (κ1) is 21.8. The summed E-state index contributed by atoms with van der Waals surface area (Å²) in [5.41, 5.74) is 1.87. The van der Waals surface area contributed by atoms with E-state index < -0.39 is 0 Å². The molecule has 29 heavy (non-hydrogen) atoms. The SMILES string of the molecule is Cc1cccc(NC(=O)CSCC(=O)NC[C@@H](c2cccs2)N2CCOCC2)c1. The van der Waals surface area contributed by atoms with E-state index in [1.165, 1.54) is 16.6 Å². The molecular weight excluding hydrogens is 406 g/mol. The number of ether oxygens (including phenoxy) is 1. The standard InChI is InChI=1S/C21H27N3O3S2/c1-16-4-2-5-17(12-16)23-21(26)15-28-14-20(25)22-13-18(19-6-3-11-29-19)24-7-9-27-10-8-24/h2-6,11-12,18H,7-10,13-15H2,1H3,(H,22,25)(H,23,26)/t18-/m0/s1. The van der Waals surface area contributed by atoms with Crippen LogP contribution in [0.15, 0.2) is 41.8 Å². The Labute approximate surface area is 180 Å². The molecule has 0 aliphatic carbocycles. The van der Waals surface area contributed by atoms with E-state index in [1.54, 1.807) is 11.3 Å². The highest BCUT2D eigenvalue weighted by Crippen LogP contribution is 2.25. The number of thiophene rings is 1. The van der Waals surface area contributed by atoms with Crippen molar-refractivity contribution < 1.29 is 14.3 Å². The lowest BCUT2D eigenvalue weighted by atomic mass is 10.2. The largest absolute Gasteiger partial charge is 0.379 e. The fourth-order valence-electron chi connectivity index (χ4n) is 3.20. The fourth-order valence-corrected chi connectivity index (χ4v) is 4.71. The molecule has 6 nitrogen and oxygen atoms in total. The van der Waals surface area contributed by atoms with Gasteiger partial charge in [-0.05, 0) is 36.1 Å². The maximum Gasteiger partial charge on any atom is 0.234 e. The molecule has 0 spiro atoms. The van der Waals surface area contributed by atoms with Crippen molar-refractivity contribution in [3.8, 4) is 0 Å². The number of carbonyl (C=O) groups is 2. The minimum atomic E-state index is -0.0989. The lowest BCUT2D eigenvalue weighted by molar-refractivity contribution is -0.118. The van der Waals surface area contributed by atoms with E-state index in [0.717, 1.165) is 37.6 Å². The molecule has 1 aliphatic rings. The minimum absolute atomic E-state index is 0.0480. The highest BCUT2D eigenvalue weighted by Gasteiger charge is 2.23. The zero-order valence-corrected chi connectivity index (χ0v) is 18.2. The average Bonchev–Trinajstić information content (AvgIpc) is 3.23. The van der Waals surface area contributed by atoms with Gasteiger partial charge in [0.05, 0.1) is 30.8 Å². The predicted octanol–water partition coefficient (Wildman–Crippen LogP) is 2.92. The number of carbonyl (C=O) groups excluding carboxylic acids is 2. The molecule has 2 heterocycles. The maximum absolute atomic E-state index is 12.3. The molecule has 1 fully saturated rings. The van der Waals surface area contributed by atoms with Gasteiger partial charge in [-0.2, -0.15) is 0 Å². The number of rotatable bonds is 9. The van der Waals surface area contributed by atoms with E-state index in [2.05, 4.69) is 27.0 Å². The molecule has 8 heteroatoms. The van der Waals surface area contributed by atoms with Gasteiger partial charge in [-0.15, -0.1) is 23.1 Å². The number of thioether (sulfide) groups is 1. The quantitative estimate of drug-likeness (QED) is 0.636. The Balaban J connectivity index is 1.40. The van der Waals surface area contributed by atoms with Crippen LogP contribution in [0.3, 0.4) is 0 Å². The molecule has 0 bridgehead atoms. The monoisotopic (exact) mass is 433 g/mol. The van der Waals surface area contributed by atoms with E-state index >= 15 is 0 Å². The molecular formula is C21H27N3O3S2. The van der Waals surface area contributed by atoms with Crippen LogP contribution in [0.4, 0.5) is 5.69 Å². The van der Waals surface area contributed by atoms with Crippen molar-refractivity contribution in [2.24, 2.45) is 0 Å². The summed E-state index contributed by atoms with van der Waals surface area (Å²) in [5, 5.41) is 7.95. The fraction of sp³-hybridized carbons (Fsp3) is 0.429. The number of hydrogen-bond donors (Lipinski definition) is 2. The van der Waals surface area contributed by atoms with Crippen LogP contribution < -0.4 is 10.6 Å². The Hall–Kier alpha value is -1.87. The minimum Gasteiger partial charge on any atom is -0.379 e. The Morgan fingerprint density at radius 2 is 1.97 bits per heavy atom.